The number of alkyl carbamates (subject to hydrolysis) is 1. The highest BCUT2D eigenvalue weighted by atomic mass is 35.5. The number of fused-ring (bicyclic) bond motifs is 1. The van der Waals surface area contributed by atoms with Gasteiger partial charge >= 0.3 is 6.09 Å². The zero-order valence-corrected chi connectivity index (χ0v) is 20.0. The Morgan fingerprint density at radius 3 is 2.70 bits per heavy atom. The van der Waals surface area contributed by atoms with E-state index in [0.29, 0.717) is 11.4 Å². The van der Waals surface area contributed by atoms with Crippen LogP contribution in [-0.4, -0.2) is 30.2 Å². The number of nitrogens with one attached hydrogen (secondary N) is 1. The number of aryl methyl sites for hydroxylation is 1. The highest BCUT2D eigenvalue weighted by Gasteiger charge is 2.37. The van der Waals surface area contributed by atoms with Crippen LogP contribution in [0.25, 0.3) is 0 Å². The summed E-state index contributed by atoms with van der Waals surface area (Å²) in [7, 11) is 0. The molecule has 174 valence electrons. The molecule has 2 aromatic carbocycles. The maximum atomic E-state index is 13.8. The number of ether oxygens (including phenoxy) is 2. The number of rotatable bonds is 4. The molecule has 0 aromatic heterocycles. The van der Waals surface area contributed by atoms with Crippen molar-refractivity contribution in [1.29, 1.82) is 0 Å². The van der Waals surface area contributed by atoms with Crippen LogP contribution in [0.5, 0.6) is 11.5 Å². The highest BCUT2D eigenvalue weighted by Crippen LogP contribution is 2.43. The number of amides is 2. The molecule has 0 bridgehead atoms. The van der Waals surface area contributed by atoms with E-state index in [1.807, 2.05) is 19.1 Å². The normalized spacial score (nSPS) is 15.3. The first-order chi connectivity index (χ1) is 15.5. The lowest BCUT2D eigenvalue weighted by atomic mass is 9.94. The molecule has 0 saturated carbocycles. The minimum Gasteiger partial charge on any atom is -0.453 e. The molecule has 0 spiro atoms. The second-order valence-corrected chi connectivity index (χ2v) is 9.06. The van der Waals surface area contributed by atoms with Crippen molar-refractivity contribution in [3.05, 3.63) is 52.3 Å². The van der Waals surface area contributed by atoms with Crippen molar-refractivity contribution in [3.63, 3.8) is 0 Å². The van der Waals surface area contributed by atoms with Gasteiger partial charge < -0.3 is 14.8 Å². The van der Waals surface area contributed by atoms with Gasteiger partial charge in [0.2, 0.25) is 0 Å². The second-order valence-electron chi connectivity index (χ2n) is 8.65. The molecule has 1 aliphatic heterocycles. The SMILES string of the molecule is CC#CCN1C(=O)[C@H](NC(=O)OC(C)(C)C)Cc2ccc(C)c(Oc3cc(F)ccc3Cl)c21. The van der Waals surface area contributed by atoms with Crippen LogP contribution in [-0.2, 0) is 16.0 Å². The summed E-state index contributed by atoms with van der Waals surface area (Å²) in [6.07, 6.45) is -0.447. The van der Waals surface area contributed by atoms with Gasteiger partial charge in [-0.3, -0.25) is 9.69 Å². The monoisotopic (exact) mass is 472 g/mol. The second kappa shape index (κ2) is 9.72. The Balaban J connectivity index is 2.03. The highest BCUT2D eigenvalue weighted by molar-refractivity contribution is 6.32. The molecule has 2 amide bonds. The molecule has 1 aliphatic rings. The minimum absolute atomic E-state index is 0.0888. The van der Waals surface area contributed by atoms with Crippen molar-refractivity contribution in [3.8, 4) is 23.3 Å². The topological polar surface area (TPSA) is 67.9 Å². The zero-order valence-electron chi connectivity index (χ0n) is 19.2. The molecule has 3 rings (SSSR count). The molecule has 0 unspecified atom stereocenters. The van der Waals surface area contributed by atoms with Crippen molar-refractivity contribution in [2.45, 2.75) is 52.7 Å². The van der Waals surface area contributed by atoms with Crippen molar-refractivity contribution in [2.24, 2.45) is 0 Å². The van der Waals surface area contributed by atoms with E-state index in [9.17, 15) is 14.0 Å². The van der Waals surface area contributed by atoms with Gasteiger partial charge in [0.05, 0.1) is 17.3 Å². The number of carbonyl (C=O) groups excluding carboxylic acids is 2. The van der Waals surface area contributed by atoms with E-state index >= 15 is 0 Å². The van der Waals surface area contributed by atoms with Gasteiger partial charge in [0, 0.05) is 12.5 Å². The Morgan fingerprint density at radius 1 is 1.30 bits per heavy atom. The maximum Gasteiger partial charge on any atom is 0.408 e. The lowest BCUT2D eigenvalue weighted by Crippen LogP contribution is -2.53. The van der Waals surface area contributed by atoms with E-state index in [2.05, 4.69) is 17.2 Å². The maximum absolute atomic E-state index is 13.8. The average molecular weight is 473 g/mol. The van der Waals surface area contributed by atoms with Crippen LogP contribution in [0.4, 0.5) is 14.9 Å². The van der Waals surface area contributed by atoms with Crippen LogP contribution in [0.2, 0.25) is 5.02 Å². The van der Waals surface area contributed by atoms with Gasteiger partial charge in [0.15, 0.2) is 5.75 Å². The van der Waals surface area contributed by atoms with Crippen LogP contribution in [0.3, 0.4) is 0 Å². The summed E-state index contributed by atoms with van der Waals surface area (Å²) in [6.45, 7) is 8.83. The lowest BCUT2D eigenvalue weighted by molar-refractivity contribution is -0.120. The van der Waals surface area contributed by atoms with Gasteiger partial charge in [-0.15, -0.1) is 5.92 Å². The fourth-order valence-corrected chi connectivity index (χ4v) is 3.61. The van der Waals surface area contributed by atoms with Gasteiger partial charge in [-0.05, 0) is 57.9 Å². The Labute approximate surface area is 198 Å². The number of benzene rings is 2. The van der Waals surface area contributed by atoms with E-state index in [1.165, 1.54) is 23.1 Å². The van der Waals surface area contributed by atoms with Crippen LogP contribution >= 0.6 is 11.6 Å². The molecular formula is C25H26ClFN2O4. The van der Waals surface area contributed by atoms with E-state index in [0.717, 1.165) is 11.1 Å². The zero-order chi connectivity index (χ0) is 24.3. The van der Waals surface area contributed by atoms with Gasteiger partial charge in [-0.1, -0.05) is 29.7 Å². The molecule has 1 heterocycles. The summed E-state index contributed by atoms with van der Waals surface area (Å²) < 4.78 is 25.2. The molecule has 1 N–H and O–H groups in total. The van der Waals surface area contributed by atoms with Crippen molar-refractivity contribution >= 4 is 29.3 Å². The minimum atomic E-state index is -0.834. The third-order valence-electron chi connectivity index (χ3n) is 4.88. The van der Waals surface area contributed by atoms with Gasteiger partial charge in [-0.25, -0.2) is 9.18 Å². The summed E-state index contributed by atoms with van der Waals surface area (Å²) in [6, 6.07) is 6.71. The van der Waals surface area contributed by atoms with E-state index in [-0.39, 0.29) is 29.6 Å². The molecule has 8 heteroatoms. The van der Waals surface area contributed by atoms with Crippen molar-refractivity contribution in [1.82, 2.24) is 5.32 Å². The van der Waals surface area contributed by atoms with Crippen LogP contribution in [0.1, 0.15) is 38.8 Å². The third kappa shape index (κ3) is 5.77. The Kier molecular flexibility index (Phi) is 7.19. The molecule has 2 aromatic rings. The van der Waals surface area contributed by atoms with Gasteiger partial charge in [0.1, 0.15) is 23.2 Å². The summed E-state index contributed by atoms with van der Waals surface area (Å²) >= 11 is 6.21. The van der Waals surface area contributed by atoms with Crippen molar-refractivity contribution in [2.75, 3.05) is 11.4 Å². The number of nitrogens with zero attached hydrogens (tertiary/aromatic N) is 1. The Hall–Kier alpha value is -3.24. The van der Waals surface area contributed by atoms with Crippen LogP contribution in [0.15, 0.2) is 30.3 Å². The Morgan fingerprint density at radius 2 is 2.03 bits per heavy atom. The van der Waals surface area contributed by atoms with Crippen LogP contribution in [0, 0.1) is 24.6 Å². The molecular weight excluding hydrogens is 447 g/mol. The summed E-state index contributed by atoms with van der Waals surface area (Å²) in [5.41, 5.74) is 1.32. The van der Waals surface area contributed by atoms with Gasteiger partial charge in [-0.2, -0.15) is 0 Å². The molecule has 33 heavy (non-hydrogen) atoms. The molecule has 0 saturated heterocycles. The van der Waals surface area contributed by atoms with Gasteiger partial charge in [0.25, 0.3) is 5.91 Å². The third-order valence-corrected chi connectivity index (χ3v) is 5.19. The number of hydrogen-bond acceptors (Lipinski definition) is 4. The van der Waals surface area contributed by atoms with E-state index in [1.54, 1.807) is 27.7 Å². The fourth-order valence-electron chi connectivity index (χ4n) is 3.45. The Bertz CT molecular complexity index is 1150. The predicted molar refractivity (Wildman–Crippen MR) is 125 cm³/mol. The van der Waals surface area contributed by atoms with E-state index in [4.69, 9.17) is 21.1 Å². The number of halogens is 2. The van der Waals surface area contributed by atoms with Crippen LogP contribution < -0.4 is 15.0 Å². The molecule has 0 fully saturated rings. The first-order valence-electron chi connectivity index (χ1n) is 10.5. The smallest absolute Gasteiger partial charge is 0.408 e. The molecule has 0 radical (unpaired) electrons. The molecule has 1 atom stereocenters. The summed E-state index contributed by atoms with van der Waals surface area (Å²) in [5.74, 6) is 5.35. The average Bonchev–Trinajstić information content (AvgIpc) is 2.71. The number of carbonyl (C=O) groups is 2. The summed E-state index contributed by atoms with van der Waals surface area (Å²) in [4.78, 5) is 27.2. The quantitative estimate of drug-likeness (QED) is 0.606. The van der Waals surface area contributed by atoms with Crippen molar-refractivity contribution < 1.29 is 23.5 Å². The largest absolute Gasteiger partial charge is 0.453 e. The fraction of sp³-hybridized carbons (Fsp3) is 0.360. The lowest BCUT2D eigenvalue weighted by Gasteiger charge is -2.35. The number of anilines is 1. The van der Waals surface area contributed by atoms with E-state index < -0.39 is 23.6 Å². The molecule has 0 aliphatic carbocycles. The summed E-state index contributed by atoms with van der Waals surface area (Å²) in [5, 5.41) is 2.90. The first kappa shape index (κ1) is 24.4. The first-order valence-corrected chi connectivity index (χ1v) is 10.8. The predicted octanol–water partition coefficient (Wildman–Crippen LogP) is 5.39. The number of hydrogen-bond donors (Lipinski definition) is 1. The standard InChI is InChI=1S/C25H26ClFN2O4/c1-6-7-12-29-21-16(13-19(23(29)30)28-24(31)33-25(3,4)5)9-8-15(2)22(21)32-20-14-17(27)10-11-18(20)26/h8-11,14,19H,12-13H2,1-5H3,(H,28,31)/t19-/m1/s1. The molecule has 6 nitrogen and oxygen atoms in total.